The van der Waals surface area contributed by atoms with Crippen LogP contribution in [0.4, 0.5) is 8.78 Å². The number of ether oxygens (including phenoxy) is 2. The number of hydrogen-bond donors (Lipinski definition) is 1. The van der Waals surface area contributed by atoms with Crippen LogP contribution in [0.15, 0.2) is 66.7 Å². The number of aliphatic hydroxyl groups is 1. The van der Waals surface area contributed by atoms with Gasteiger partial charge in [0.25, 0.3) is 0 Å². The van der Waals surface area contributed by atoms with Crippen molar-refractivity contribution in [1.82, 2.24) is 9.80 Å². The molecule has 0 radical (unpaired) electrons. The van der Waals surface area contributed by atoms with Crippen LogP contribution in [-0.4, -0.2) is 80.3 Å². The zero-order valence-corrected chi connectivity index (χ0v) is 24.2. The molecule has 1 fully saturated rings. The highest BCUT2D eigenvalue weighted by atomic mass is 32.2. The molecular formula is C32H40F2N2O3S. The van der Waals surface area contributed by atoms with Crippen molar-refractivity contribution in [2.75, 3.05) is 59.2 Å². The number of benzene rings is 3. The van der Waals surface area contributed by atoms with E-state index in [1.54, 1.807) is 26.0 Å². The Balaban J connectivity index is 1.18. The molecule has 1 aliphatic rings. The molecule has 1 aliphatic heterocycles. The van der Waals surface area contributed by atoms with E-state index in [1.165, 1.54) is 24.3 Å². The zero-order chi connectivity index (χ0) is 28.3. The van der Waals surface area contributed by atoms with Gasteiger partial charge in [0.2, 0.25) is 0 Å². The fourth-order valence-corrected chi connectivity index (χ4v) is 6.30. The second-order valence-corrected chi connectivity index (χ2v) is 11.3. The lowest BCUT2D eigenvalue weighted by atomic mass is 9.87. The van der Waals surface area contributed by atoms with Crippen LogP contribution in [0.3, 0.4) is 0 Å². The fourth-order valence-electron chi connectivity index (χ4n) is 5.35. The van der Waals surface area contributed by atoms with Crippen molar-refractivity contribution in [3.63, 3.8) is 0 Å². The summed E-state index contributed by atoms with van der Waals surface area (Å²) in [5, 5.41) is 10.6. The van der Waals surface area contributed by atoms with E-state index in [0.717, 1.165) is 79.5 Å². The maximum Gasteiger partial charge on any atom is 0.164 e. The van der Waals surface area contributed by atoms with Gasteiger partial charge < -0.3 is 19.5 Å². The molecule has 1 saturated heterocycles. The van der Waals surface area contributed by atoms with E-state index in [4.69, 9.17) is 9.47 Å². The molecule has 0 spiro atoms. The number of halogens is 2. The van der Waals surface area contributed by atoms with Gasteiger partial charge in [-0.15, -0.1) is 0 Å². The predicted molar refractivity (Wildman–Crippen MR) is 158 cm³/mol. The molecule has 0 aliphatic carbocycles. The van der Waals surface area contributed by atoms with Gasteiger partial charge in [-0.1, -0.05) is 36.4 Å². The number of piperazine rings is 1. The molecule has 8 heteroatoms. The Labute approximate surface area is 241 Å². The number of methoxy groups -OCH3 is 2. The van der Waals surface area contributed by atoms with Crippen molar-refractivity contribution in [1.29, 1.82) is 0 Å². The van der Waals surface area contributed by atoms with E-state index in [9.17, 15) is 13.9 Å². The number of thioether (sulfide) groups is 1. The standard InChI is InChI=1S/C32H40F2N2O3S/c1-38-31-7-3-5-26(32(31)39-2)22-40-23-29(37)21-36-19-17-35(18-20-36)16-4-6-30(24-8-12-27(33)13-9-24)25-10-14-28(34)15-11-25/h3,5,7-15,29-30,37H,4,6,16-23H2,1-2H3. The molecule has 0 amide bonds. The summed E-state index contributed by atoms with van der Waals surface area (Å²) in [5.41, 5.74) is 3.16. The van der Waals surface area contributed by atoms with E-state index in [0.29, 0.717) is 12.3 Å². The van der Waals surface area contributed by atoms with Gasteiger partial charge in [0.05, 0.1) is 20.3 Å². The Morgan fingerprint density at radius 3 is 2.00 bits per heavy atom. The molecule has 1 heterocycles. The van der Waals surface area contributed by atoms with Crippen molar-refractivity contribution >= 4 is 11.8 Å². The van der Waals surface area contributed by atoms with Gasteiger partial charge in [0.15, 0.2) is 11.5 Å². The molecule has 3 aromatic rings. The van der Waals surface area contributed by atoms with E-state index < -0.39 is 0 Å². The molecule has 0 saturated carbocycles. The minimum atomic E-state index is -0.389. The monoisotopic (exact) mass is 570 g/mol. The third-order valence-corrected chi connectivity index (χ3v) is 8.63. The van der Waals surface area contributed by atoms with Crippen molar-refractivity contribution < 1.29 is 23.4 Å². The third kappa shape index (κ3) is 8.67. The molecule has 40 heavy (non-hydrogen) atoms. The first-order chi connectivity index (χ1) is 19.5. The van der Waals surface area contributed by atoms with E-state index in [1.807, 2.05) is 42.5 Å². The first kappa shape index (κ1) is 30.3. The Hall–Kier alpha value is -2.65. The summed E-state index contributed by atoms with van der Waals surface area (Å²) in [7, 11) is 3.28. The third-order valence-electron chi connectivity index (χ3n) is 7.50. The quantitative estimate of drug-likeness (QED) is 0.264. The summed E-state index contributed by atoms with van der Waals surface area (Å²) in [6.07, 6.45) is 1.51. The molecule has 5 nitrogen and oxygen atoms in total. The van der Waals surface area contributed by atoms with Crippen LogP contribution in [0.5, 0.6) is 11.5 Å². The molecule has 4 rings (SSSR count). The van der Waals surface area contributed by atoms with E-state index in [-0.39, 0.29) is 23.7 Å². The second kappa shape index (κ2) is 15.4. The minimum absolute atomic E-state index is 0.104. The molecule has 0 bridgehead atoms. The maximum atomic E-state index is 13.5. The lowest BCUT2D eigenvalue weighted by molar-refractivity contribution is 0.0819. The number of hydrogen-bond acceptors (Lipinski definition) is 6. The summed E-state index contributed by atoms with van der Waals surface area (Å²) in [6.45, 7) is 5.47. The number of β-amino-alcohol motifs (C(OH)–C–C–N with tert-alkyl or cyclic N) is 1. The van der Waals surface area contributed by atoms with Gasteiger partial charge in [-0.25, -0.2) is 8.78 Å². The van der Waals surface area contributed by atoms with Crippen LogP contribution in [0.2, 0.25) is 0 Å². The molecular weight excluding hydrogens is 530 g/mol. The lowest BCUT2D eigenvalue weighted by Gasteiger charge is -2.35. The van der Waals surface area contributed by atoms with Gasteiger partial charge in [-0.3, -0.25) is 4.90 Å². The fraction of sp³-hybridized carbons (Fsp3) is 0.438. The SMILES string of the molecule is COc1cccc(CSCC(O)CN2CCN(CCCC(c3ccc(F)cc3)c3ccc(F)cc3)CC2)c1OC. The molecule has 0 aromatic heterocycles. The largest absolute Gasteiger partial charge is 0.493 e. The van der Waals surface area contributed by atoms with Gasteiger partial charge in [-0.2, -0.15) is 11.8 Å². The van der Waals surface area contributed by atoms with Gasteiger partial charge in [0.1, 0.15) is 11.6 Å². The Morgan fingerprint density at radius 1 is 0.825 bits per heavy atom. The van der Waals surface area contributed by atoms with Crippen molar-refractivity contribution in [2.24, 2.45) is 0 Å². The number of para-hydroxylation sites is 1. The normalized spacial score (nSPS) is 15.3. The zero-order valence-electron chi connectivity index (χ0n) is 23.4. The summed E-state index contributed by atoms with van der Waals surface area (Å²) < 4.78 is 37.9. The maximum absolute atomic E-state index is 13.5. The van der Waals surface area contributed by atoms with Crippen molar-refractivity contribution in [3.8, 4) is 11.5 Å². The van der Waals surface area contributed by atoms with Crippen LogP contribution in [0.1, 0.15) is 35.4 Å². The predicted octanol–water partition coefficient (Wildman–Crippen LogP) is 5.81. The highest BCUT2D eigenvalue weighted by Gasteiger charge is 2.21. The van der Waals surface area contributed by atoms with Crippen LogP contribution in [0.25, 0.3) is 0 Å². The summed E-state index contributed by atoms with van der Waals surface area (Å²) in [6, 6.07) is 19.2. The Morgan fingerprint density at radius 2 is 1.43 bits per heavy atom. The van der Waals surface area contributed by atoms with Crippen LogP contribution in [-0.2, 0) is 5.75 Å². The highest BCUT2D eigenvalue weighted by Crippen LogP contribution is 2.33. The lowest BCUT2D eigenvalue weighted by Crippen LogP contribution is -2.49. The minimum Gasteiger partial charge on any atom is -0.493 e. The number of nitrogens with zero attached hydrogens (tertiary/aromatic N) is 2. The van der Waals surface area contributed by atoms with Gasteiger partial charge in [-0.05, 0) is 60.8 Å². The average molecular weight is 571 g/mol. The molecule has 216 valence electrons. The van der Waals surface area contributed by atoms with Crippen molar-refractivity contribution in [3.05, 3.63) is 95.1 Å². The van der Waals surface area contributed by atoms with Crippen LogP contribution >= 0.6 is 11.8 Å². The number of aliphatic hydroxyl groups excluding tert-OH is 1. The topological polar surface area (TPSA) is 45.2 Å². The smallest absolute Gasteiger partial charge is 0.164 e. The van der Waals surface area contributed by atoms with Gasteiger partial charge in [0, 0.05) is 55.7 Å². The Bertz CT molecular complexity index is 1130. The first-order valence-electron chi connectivity index (χ1n) is 13.9. The highest BCUT2D eigenvalue weighted by molar-refractivity contribution is 7.98. The average Bonchev–Trinajstić information content (AvgIpc) is 2.97. The summed E-state index contributed by atoms with van der Waals surface area (Å²) in [5.74, 6) is 2.49. The Kier molecular flexibility index (Phi) is 11.7. The molecule has 1 unspecified atom stereocenters. The van der Waals surface area contributed by atoms with Crippen LogP contribution < -0.4 is 9.47 Å². The summed E-state index contributed by atoms with van der Waals surface area (Å²) in [4.78, 5) is 4.81. The van der Waals surface area contributed by atoms with Gasteiger partial charge >= 0.3 is 0 Å². The van der Waals surface area contributed by atoms with E-state index >= 15 is 0 Å². The van der Waals surface area contributed by atoms with E-state index in [2.05, 4.69) is 9.80 Å². The molecule has 3 aromatic carbocycles. The first-order valence-corrected chi connectivity index (χ1v) is 15.0. The summed E-state index contributed by atoms with van der Waals surface area (Å²) >= 11 is 1.70. The molecule has 1 atom stereocenters. The molecule has 1 N–H and O–H groups in total. The van der Waals surface area contributed by atoms with Crippen molar-refractivity contribution in [2.45, 2.75) is 30.6 Å². The second-order valence-electron chi connectivity index (χ2n) is 10.3. The van der Waals surface area contributed by atoms with Crippen LogP contribution in [0, 0.1) is 11.6 Å². The number of rotatable bonds is 14.